The van der Waals surface area contributed by atoms with Crippen molar-refractivity contribution in [2.24, 2.45) is 11.3 Å². The quantitative estimate of drug-likeness (QED) is 0.587. The number of ether oxygens (including phenoxy) is 2. The molecule has 0 heterocycles. The van der Waals surface area contributed by atoms with E-state index in [0.717, 1.165) is 6.42 Å². The molecule has 0 unspecified atom stereocenters. The summed E-state index contributed by atoms with van der Waals surface area (Å²) >= 11 is 0. The fourth-order valence-corrected chi connectivity index (χ4v) is 2.64. The lowest BCUT2D eigenvalue weighted by atomic mass is 9.78. The van der Waals surface area contributed by atoms with Gasteiger partial charge < -0.3 is 25.2 Å². The Morgan fingerprint density at radius 3 is 1.85 bits per heavy atom. The second-order valence-corrected chi connectivity index (χ2v) is 9.92. The minimum atomic E-state index is -0.564. The molecule has 0 bridgehead atoms. The van der Waals surface area contributed by atoms with Crippen LogP contribution >= 0.6 is 0 Å². The number of aliphatic hydroxyl groups is 1. The highest BCUT2D eigenvalue weighted by Crippen LogP contribution is 2.30. The monoisotopic (exact) mass is 388 g/mol. The Labute approximate surface area is 164 Å². The second-order valence-electron chi connectivity index (χ2n) is 9.92. The SMILES string of the molecule is C[C@@H](NC(=O)OC(C)(C)C)[C@H](CO)CC(C)(C)CCNC(=O)OC(C)(C)C. The summed E-state index contributed by atoms with van der Waals surface area (Å²) in [5.74, 6) is -0.117. The fourth-order valence-electron chi connectivity index (χ4n) is 2.64. The van der Waals surface area contributed by atoms with Crippen LogP contribution in [0.3, 0.4) is 0 Å². The number of carbonyl (C=O) groups excluding carboxylic acids is 2. The molecule has 2 amide bonds. The van der Waals surface area contributed by atoms with E-state index in [4.69, 9.17) is 9.47 Å². The molecular weight excluding hydrogens is 348 g/mol. The largest absolute Gasteiger partial charge is 0.444 e. The van der Waals surface area contributed by atoms with Gasteiger partial charge in [0.2, 0.25) is 0 Å². The third kappa shape index (κ3) is 13.3. The summed E-state index contributed by atoms with van der Waals surface area (Å²) in [6.07, 6.45) is 0.494. The molecule has 0 saturated heterocycles. The molecule has 0 spiro atoms. The van der Waals surface area contributed by atoms with Gasteiger partial charge in [-0.2, -0.15) is 0 Å². The van der Waals surface area contributed by atoms with Crippen molar-refractivity contribution >= 4 is 12.2 Å². The molecule has 3 N–H and O–H groups in total. The van der Waals surface area contributed by atoms with Gasteiger partial charge >= 0.3 is 12.2 Å². The number of rotatable bonds is 8. The first kappa shape index (κ1) is 25.5. The summed E-state index contributed by atoms with van der Waals surface area (Å²) < 4.78 is 10.5. The zero-order valence-corrected chi connectivity index (χ0v) is 18.6. The number of aliphatic hydroxyl groups excluding tert-OH is 1. The smallest absolute Gasteiger partial charge is 0.407 e. The van der Waals surface area contributed by atoms with Crippen LogP contribution in [0.2, 0.25) is 0 Å². The van der Waals surface area contributed by atoms with Crippen LogP contribution in [0.1, 0.15) is 75.2 Å². The topological polar surface area (TPSA) is 96.9 Å². The fraction of sp³-hybridized carbons (Fsp3) is 0.900. The number of alkyl carbamates (subject to hydrolysis) is 2. The Balaban J connectivity index is 4.52. The maximum atomic E-state index is 11.9. The molecule has 0 aromatic carbocycles. The zero-order chi connectivity index (χ0) is 21.5. The highest BCUT2D eigenvalue weighted by atomic mass is 16.6. The van der Waals surface area contributed by atoms with Gasteiger partial charge in [-0.05, 0) is 66.7 Å². The summed E-state index contributed by atoms with van der Waals surface area (Å²) in [5, 5.41) is 15.3. The molecule has 27 heavy (non-hydrogen) atoms. The second kappa shape index (κ2) is 10.2. The van der Waals surface area contributed by atoms with Crippen molar-refractivity contribution in [1.82, 2.24) is 10.6 Å². The van der Waals surface area contributed by atoms with E-state index in [0.29, 0.717) is 13.0 Å². The summed E-state index contributed by atoms with van der Waals surface area (Å²) in [4.78, 5) is 23.7. The van der Waals surface area contributed by atoms with Crippen molar-refractivity contribution in [3.05, 3.63) is 0 Å². The molecule has 0 aliphatic carbocycles. The van der Waals surface area contributed by atoms with Gasteiger partial charge in [-0.25, -0.2) is 9.59 Å². The molecule has 7 heteroatoms. The van der Waals surface area contributed by atoms with Crippen LogP contribution in [0.4, 0.5) is 9.59 Å². The first-order chi connectivity index (χ1) is 12.0. The van der Waals surface area contributed by atoms with Crippen LogP contribution in [-0.2, 0) is 9.47 Å². The average molecular weight is 389 g/mol. The Bertz CT molecular complexity index is 478. The maximum absolute atomic E-state index is 11.9. The average Bonchev–Trinajstić information content (AvgIpc) is 2.40. The van der Waals surface area contributed by atoms with Crippen LogP contribution in [0.5, 0.6) is 0 Å². The highest BCUT2D eigenvalue weighted by Gasteiger charge is 2.28. The number of nitrogens with one attached hydrogen (secondary N) is 2. The maximum Gasteiger partial charge on any atom is 0.407 e. The molecule has 0 aliphatic heterocycles. The van der Waals surface area contributed by atoms with Crippen LogP contribution in [0.15, 0.2) is 0 Å². The molecular formula is C20H40N2O5. The summed E-state index contributed by atoms with van der Waals surface area (Å²) in [7, 11) is 0. The van der Waals surface area contributed by atoms with Crippen molar-refractivity contribution < 1.29 is 24.2 Å². The van der Waals surface area contributed by atoms with Crippen molar-refractivity contribution in [2.75, 3.05) is 13.2 Å². The van der Waals surface area contributed by atoms with Gasteiger partial charge in [-0.15, -0.1) is 0 Å². The summed E-state index contributed by atoms with van der Waals surface area (Å²) in [5.41, 5.74) is -1.22. The van der Waals surface area contributed by atoms with Crippen molar-refractivity contribution in [3.8, 4) is 0 Å². The summed E-state index contributed by atoms with van der Waals surface area (Å²) in [6.45, 7) is 17.3. The van der Waals surface area contributed by atoms with Crippen molar-refractivity contribution in [1.29, 1.82) is 0 Å². The zero-order valence-electron chi connectivity index (χ0n) is 18.6. The van der Waals surface area contributed by atoms with Crippen LogP contribution in [0, 0.1) is 11.3 Å². The van der Waals surface area contributed by atoms with E-state index in [9.17, 15) is 14.7 Å². The molecule has 0 rings (SSSR count). The Morgan fingerprint density at radius 2 is 1.41 bits per heavy atom. The molecule has 160 valence electrons. The summed E-state index contributed by atoms with van der Waals surface area (Å²) in [6, 6.07) is -0.233. The molecule has 2 atom stereocenters. The molecule has 0 aliphatic rings. The van der Waals surface area contributed by atoms with Gasteiger partial charge in [0, 0.05) is 25.1 Å². The van der Waals surface area contributed by atoms with Gasteiger partial charge in [0.15, 0.2) is 0 Å². The van der Waals surface area contributed by atoms with Crippen molar-refractivity contribution in [2.45, 2.75) is 92.4 Å². The first-order valence-corrected chi connectivity index (χ1v) is 9.62. The lowest BCUT2D eigenvalue weighted by Crippen LogP contribution is -2.43. The van der Waals surface area contributed by atoms with Gasteiger partial charge in [0.25, 0.3) is 0 Å². The molecule has 0 aromatic heterocycles. The Morgan fingerprint density at radius 1 is 0.926 bits per heavy atom. The standard InChI is InChI=1S/C20H40N2O5/c1-14(22-17(25)27-19(5,6)7)15(13-23)12-20(8,9)10-11-21-16(24)26-18(2,3)4/h14-15,23H,10-13H2,1-9H3,(H,21,24)(H,22,25)/t14-,15+/m1/s1. The molecule has 0 fully saturated rings. The van der Waals surface area contributed by atoms with Crippen LogP contribution in [-0.4, -0.2) is 47.7 Å². The van der Waals surface area contributed by atoms with Crippen LogP contribution in [0.25, 0.3) is 0 Å². The predicted molar refractivity (Wildman–Crippen MR) is 107 cm³/mol. The number of carbonyl (C=O) groups is 2. The third-order valence-electron chi connectivity index (χ3n) is 3.97. The van der Waals surface area contributed by atoms with E-state index in [-0.39, 0.29) is 24.0 Å². The van der Waals surface area contributed by atoms with E-state index >= 15 is 0 Å². The lowest BCUT2D eigenvalue weighted by molar-refractivity contribution is 0.0447. The van der Waals surface area contributed by atoms with E-state index in [1.165, 1.54) is 0 Å². The van der Waals surface area contributed by atoms with Crippen molar-refractivity contribution in [3.63, 3.8) is 0 Å². The van der Waals surface area contributed by atoms with Gasteiger partial charge in [0.05, 0.1) is 0 Å². The third-order valence-corrected chi connectivity index (χ3v) is 3.97. The first-order valence-electron chi connectivity index (χ1n) is 9.62. The van der Waals surface area contributed by atoms with E-state index < -0.39 is 23.4 Å². The van der Waals surface area contributed by atoms with Gasteiger partial charge in [0.1, 0.15) is 11.2 Å². The van der Waals surface area contributed by atoms with E-state index in [2.05, 4.69) is 24.5 Å². The van der Waals surface area contributed by atoms with Crippen LogP contribution < -0.4 is 10.6 Å². The normalized spacial score (nSPS) is 14.9. The molecule has 0 aromatic rings. The van der Waals surface area contributed by atoms with E-state index in [1.54, 1.807) is 0 Å². The molecule has 0 radical (unpaired) electrons. The van der Waals surface area contributed by atoms with E-state index in [1.807, 2.05) is 48.5 Å². The minimum Gasteiger partial charge on any atom is -0.444 e. The minimum absolute atomic E-state index is 0.0418. The number of hydrogen-bond acceptors (Lipinski definition) is 5. The Hall–Kier alpha value is -1.50. The number of hydrogen-bond donors (Lipinski definition) is 3. The Kier molecular flexibility index (Phi) is 9.59. The van der Waals surface area contributed by atoms with Gasteiger partial charge in [-0.1, -0.05) is 13.8 Å². The molecule has 0 saturated carbocycles. The van der Waals surface area contributed by atoms with Gasteiger partial charge in [-0.3, -0.25) is 0 Å². The highest BCUT2D eigenvalue weighted by molar-refractivity contribution is 5.68. The predicted octanol–water partition coefficient (Wildman–Crippen LogP) is 3.84. The molecule has 7 nitrogen and oxygen atoms in total. The lowest BCUT2D eigenvalue weighted by Gasteiger charge is -2.33. The number of amides is 2.